The molecule has 0 bridgehead atoms. The predicted molar refractivity (Wildman–Crippen MR) is 170 cm³/mol. The van der Waals surface area contributed by atoms with E-state index in [0.29, 0.717) is 40.3 Å². The molecule has 236 valence electrons. The molecule has 2 aromatic heterocycles. The Morgan fingerprint density at radius 2 is 1.66 bits per heavy atom. The summed E-state index contributed by atoms with van der Waals surface area (Å²) >= 11 is 0. The summed E-state index contributed by atoms with van der Waals surface area (Å²) < 4.78 is 12.7. The Bertz CT molecular complexity index is 1580. The minimum absolute atomic E-state index is 0.0970. The number of benzene rings is 1. The number of ether oxygens (including phenoxy) is 2. The maximum Gasteiger partial charge on any atom is 0.343 e. The van der Waals surface area contributed by atoms with Crippen molar-refractivity contribution >= 4 is 22.8 Å². The highest BCUT2D eigenvalue weighted by atomic mass is 16.6. The normalized spacial score (nSPS) is 17.6. The molecule has 44 heavy (non-hydrogen) atoms. The lowest BCUT2D eigenvalue weighted by Crippen LogP contribution is -2.44. The molecule has 0 saturated carbocycles. The minimum Gasteiger partial charge on any atom is -0.458 e. The van der Waals surface area contributed by atoms with Crippen molar-refractivity contribution in [2.24, 2.45) is 5.92 Å². The molecule has 5 rings (SSSR count). The van der Waals surface area contributed by atoms with Gasteiger partial charge in [0, 0.05) is 16.5 Å². The van der Waals surface area contributed by atoms with Gasteiger partial charge in [-0.2, -0.15) is 0 Å². The first kappa shape index (κ1) is 31.9. The molecule has 1 unspecified atom stereocenters. The number of carbonyl (C=O) groups is 2. The molecule has 0 aliphatic carbocycles. The van der Waals surface area contributed by atoms with Gasteiger partial charge >= 0.3 is 11.9 Å². The monoisotopic (exact) mass is 602 g/mol. The summed E-state index contributed by atoms with van der Waals surface area (Å²) in [5.74, 6) is -0.504. The molecular weight excluding hydrogens is 556 g/mol. The number of rotatable bonds is 15. The van der Waals surface area contributed by atoms with Gasteiger partial charge in [-0.05, 0) is 49.6 Å². The third-order valence-electron chi connectivity index (χ3n) is 9.34. The highest BCUT2D eigenvalue weighted by Gasteiger charge is 2.45. The van der Waals surface area contributed by atoms with Crippen LogP contribution in [0.3, 0.4) is 0 Å². The maximum absolute atomic E-state index is 13.4. The molecule has 0 spiro atoms. The van der Waals surface area contributed by atoms with E-state index in [1.165, 1.54) is 32.1 Å². The molecule has 0 amide bonds. The lowest BCUT2D eigenvalue weighted by Gasteiger charge is -2.31. The molecular formula is C36H46N2O6. The van der Waals surface area contributed by atoms with E-state index in [4.69, 9.17) is 14.5 Å². The number of pyridine rings is 2. The smallest absolute Gasteiger partial charge is 0.343 e. The summed E-state index contributed by atoms with van der Waals surface area (Å²) in [5, 5.41) is 11.9. The summed E-state index contributed by atoms with van der Waals surface area (Å²) in [7, 11) is 0. The molecule has 1 N–H and O–H groups in total. The zero-order chi connectivity index (χ0) is 31.3. The number of hydrogen-bond acceptors (Lipinski definition) is 7. The highest BCUT2D eigenvalue weighted by molar-refractivity contribution is 5.87. The van der Waals surface area contributed by atoms with E-state index in [2.05, 4.69) is 13.8 Å². The number of fused-ring (bicyclic) bond motifs is 5. The van der Waals surface area contributed by atoms with Gasteiger partial charge in [-0.15, -0.1) is 0 Å². The Kier molecular flexibility index (Phi) is 10.2. The maximum atomic E-state index is 13.4. The summed E-state index contributed by atoms with van der Waals surface area (Å²) in [6.45, 7) is 6.25. The fraction of sp³-hybridized carbons (Fsp3) is 0.556. The van der Waals surface area contributed by atoms with Gasteiger partial charge in [0.15, 0.2) is 5.60 Å². The first-order valence-corrected chi connectivity index (χ1v) is 16.6. The Balaban J connectivity index is 1.33. The van der Waals surface area contributed by atoms with Crippen LogP contribution in [0.15, 0.2) is 35.1 Å². The SMILES string of the molecule is CCCCCCCCCC(CCCCC)C(=O)Oc1ccc2nc3c(cc2c1)Cn1c-3cc2c(c1=O)COC(=O)[C@]2(O)CC. The lowest BCUT2D eigenvalue weighted by molar-refractivity contribution is -0.172. The number of hydrogen-bond donors (Lipinski definition) is 1. The minimum atomic E-state index is -1.86. The zero-order valence-corrected chi connectivity index (χ0v) is 26.5. The van der Waals surface area contributed by atoms with Crippen LogP contribution in [-0.4, -0.2) is 26.6 Å². The number of aliphatic hydroxyl groups is 1. The van der Waals surface area contributed by atoms with Crippen molar-refractivity contribution in [1.29, 1.82) is 0 Å². The van der Waals surface area contributed by atoms with Gasteiger partial charge in [0.2, 0.25) is 0 Å². The molecule has 8 heteroatoms. The fourth-order valence-corrected chi connectivity index (χ4v) is 6.60. The molecule has 0 radical (unpaired) electrons. The Hall–Kier alpha value is -3.52. The number of esters is 2. The lowest BCUT2D eigenvalue weighted by atomic mass is 9.86. The van der Waals surface area contributed by atoms with E-state index < -0.39 is 11.6 Å². The number of carbonyl (C=O) groups excluding carboxylic acids is 2. The molecule has 4 heterocycles. The average Bonchev–Trinajstić information content (AvgIpc) is 3.38. The molecule has 8 nitrogen and oxygen atoms in total. The van der Waals surface area contributed by atoms with Gasteiger partial charge < -0.3 is 19.1 Å². The molecule has 2 atom stereocenters. The van der Waals surface area contributed by atoms with Crippen LogP contribution >= 0.6 is 0 Å². The number of aromatic nitrogens is 2. The van der Waals surface area contributed by atoms with E-state index in [-0.39, 0.29) is 30.5 Å². The summed E-state index contributed by atoms with van der Waals surface area (Å²) in [5.41, 5.74) is 1.23. The van der Waals surface area contributed by atoms with Crippen LogP contribution in [-0.2, 0) is 33.1 Å². The second-order valence-corrected chi connectivity index (χ2v) is 12.5. The van der Waals surface area contributed by atoms with Gasteiger partial charge in [-0.1, -0.05) is 85.0 Å². The molecule has 0 saturated heterocycles. The number of nitrogens with zero attached hydrogens (tertiary/aromatic N) is 2. The van der Waals surface area contributed by atoms with Crippen molar-refractivity contribution in [1.82, 2.24) is 9.55 Å². The van der Waals surface area contributed by atoms with E-state index in [9.17, 15) is 19.5 Å². The number of cyclic esters (lactones) is 1. The summed E-state index contributed by atoms with van der Waals surface area (Å²) in [6.07, 6.45) is 13.6. The van der Waals surface area contributed by atoms with Crippen LogP contribution in [0.2, 0.25) is 0 Å². The molecule has 2 aliphatic heterocycles. The van der Waals surface area contributed by atoms with Crippen LogP contribution in [0.25, 0.3) is 22.3 Å². The van der Waals surface area contributed by atoms with Crippen LogP contribution in [0.1, 0.15) is 121 Å². The van der Waals surface area contributed by atoms with E-state index >= 15 is 0 Å². The predicted octanol–water partition coefficient (Wildman–Crippen LogP) is 7.32. The number of unbranched alkanes of at least 4 members (excludes halogenated alkanes) is 8. The van der Waals surface area contributed by atoms with Crippen molar-refractivity contribution < 1.29 is 24.2 Å². The Labute approximate surface area is 259 Å². The average molecular weight is 603 g/mol. The van der Waals surface area contributed by atoms with Crippen molar-refractivity contribution in [2.75, 3.05) is 0 Å². The zero-order valence-electron chi connectivity index (χ0n) is 26.5. The van der Waals surface area contributed by atoms with Gasteiger partial charge in [-0.25, -0.2) is 9.78 Å². The Morgan fingerprint density at radius 3 is 2.39 bits per heavy atom. The van der Waals surface area contributed by atoms with Crippen molar-refractivity contribution in [3.63, 3.8) is 0 Å². The Morgan fingerprint density at radius 1 is 0.977 bits per heavy atom. The highest BCUT2D eigenvalue weighted by Crippen LogP contribution is 2.39. The molecule has 2 aliphatic rings. The van der Waals surface area contributed by atoms with Gasteiger partial charge in [0.1, 0.15) is 12.4 Å². The largest absolute Gasteiger partial charge is 0.458 e. The van der Waals surface area contributed by atoms with Crippen LogP contribution in [0.5, 0.6) is 5.75 Å². The van der Waals surface area contributed by atoms with E-state index in [0.717, 1.165) is 55.9 Å². The van der Waals surface area contributed by atoms with Gasteiger partial charge in [-0.3, -0.25) is 9.59 Å². The molecule has 1 aromatic carbocycles. The molecule has 3 aromatic rings. The third kappa shape index (κ3) is 6.46. The van der Waals surface area contributed by atoms with Crippen LogP contribution < -0.4 is 10.3 Å². The standard InChI is InChI=1S/C36H46N2O6/c1-4-7-9-10-11-12-14-16-24(15-13-8-5-2)34(40)44-27-17-18-30-25(20-27)19-26-22-38-31(32(26)37-30)21-29-28(33(38)39)23-43-35(41)36(29,42)6-3/h17-21,24,42H,4-16,22-23H2,1-3H3/t24?,36-/m0/s1. The first-order chi connectivity index (χ1) is 21.3. The van der Waals surface area contributed by atoms with Crippen LogP contribution in [0.4, 0.5) is 0 Å². The topological polar surface area (TPSA) is 108 Å². The summed E-state index contributed by atoms with van der Waals surface area (Å²) in [4.78, 5) is 44.1. The second kappa shape index (κ2) is 14.1. The summed E-state index contributed by atoms with van der Waals surface area (Å²) in [6, 6.07) is 9.14. The van der Waals surface area contributed by atoms with Gasteiger partial charge in [0.05, 0.1) is 34.9 Å². The van der Waals surface area contributed by atoms with Crippen molar-refractivity contribution in [3.05, 3.63) is 57.4 Å². The fourth-order valence-electron chi connectivity index (χ4n) is 6.60. The van der Waals surface area contributed by atoms with Crippen molar-refractivity contribution in [3.8, 4) is 17.1 Å². The van der Waals surface area contributed by atoms with Crippen molar-refractivity contribution in [2.45, 2.75) is 123 Å². The van der Waals surface area contributed by atoms with E-state index in [1.54, 1.807) is 23.6 Å². The second-order valence-electron chi connectivity index (χ2n) is 12.5. The third-order valence-corrected chi connectivity index (χ3v) is 9.34. The molecule has 0 fully saturated rings. The van der Waals surface area contributed by atoms with E-state index in [1.807, 2.05) is 18.2 Å². The van der Waals surface area contributed by atoms with Gasteiger partial charge in [0.25, 0.3) is 5.56 Å². The van der Waals surface area contributed by atoms with Crippen LogP contribution in [0, 0.1) is 5.92 Å². The first-order valence-electron chi connectivity index (χ1n) is 16.6. The quantitative estimate of drug-likeness (QED) is 0.0863.